The Bertz CT molecular complexity index is 1390. The van der Waals surface area contributed by atoms with Crippen molar-refractivity contribution in [2.75, 3.05) is 20.5 Å². The van der Waals surface area contributed by atoms with Crippen LogP contribution in [-0.2, 0) is 16.2 Å². The number of aliphatic hydroxyl groups excluding tert-OH is 2. The molecule has 0 spiro atoms. The second-order valence-electron chi connectivity index (χ2n) is 13.1. The van der Waals surface area contributed by atoms with E-state index in [0.29, 0.717) is 51.5 Å². The number of hydrogen-bond acceptors (Lipinski definition) is 9. The molecule has 7 rings (SSSR count). The van der Waals surface area contributed by atoms with Crippen LogP contribution in [0.3, 0.4) is 0 Å². The van der Waals surface area contributed by atoms with Gasteiger partial charge in [-0.25, -0.2) is 0 Å². The first-order chi connectivity index (χ1) is 20.6. The van der Waals surface area contributed by atoms with Crippen LogP contribution >= 0.6 is 0 Å². The number of fused-ring (bicyclic) bond motifs is 3. The molecule has 3 aliphatic carbocycles. The Morgan fingerprint density at radius 3 is 2.70 bits per heavy atom. The lowest BCUT2D eigenvalue weighted by atomic mass is 9.45. The summed E-state index contributed by atoms with van der Waals surface area (Å²) in [7, 11) is 1.57. The van der Waals surface area contributed by atoms with E-state index >= 15 is 0 Å². The van der Waals surface area contributed by atoms with Crippen molar-refractivity contribution in [1.82, 2.24) is 10.4 Å². The summed E-state index contributed by atoms with van der Waals surface area (Å²) in [6.45, 7) is 8.38. The van der Waals surface area contributed by atoms with Crippen LogP contribution in [-0.4, -0.2) is 72.3 Å². The summed E-state index contributed by atoms with van der Waals surface area (Å²) in [5, 5.41) is 25.8. The second-order valence-corrected chi connectivity index (χ2v) is 13.1. The second kappa shape index (κ2) is 11.4. The normalized spacial score (nSPS) is 31.3. The van der Waals surface area contributed by atoms with Crippen molar-refractivity contribution in [2.24, 2.45) is 29.1 Å². The van der Waals surface area contributed by atoms with Gasteiger partial charge in [-0.05, 0) is 60.6 Å². The number of aliphatic hydroxyl groups is 2. The van der Waals surface area contributed by atoms with Crippen molar-refractivity contribution in [3.8, 4) is 28.4 Å². The van der Waals surface area contributed by atoms with Crippen molar-refractivity contribution in [3.63, 3.8) is 0 Å². The summed E-state index contributed by atoms with van der Waals surface area (Å²) < 4.78 is 16.9. The fraction of sp³-hybridized carbons (Fsp3) is 0.576. The van der Waals surface area contributed by atoms with Crippen molar-refractivity contribution in [3.05, 3.63) is 41.5 Å². The van der Waals surface area contributed by atoms with Crippen molar-refractivity contribution in [2.45, 2.75) is 71.4 Å². The van der Waals surface area contributed by atoms with Gasteiger partial charge in [0.1, 0.15) is 17.9 Å². The number of rotatable bonds is 9. The highest BCUT2D eigenvalue weighted by Crippen LogP contribution is 2.61. The van der Waals surface area contributed by atoms with Gasteiger partial charge >= 0.3 is 0 Å². The minimum absolute atomic E-state index is 0.0434. The number of aldehydes is 1. The summed E-state index contributed by atoms with van der Waals surface area (Å²) in [5.74, 6) is 2.09. The summed E-state index contributed by atoms with van der Waals surface area (Å²) >= 11 is 0. The minimum Gasteiger partial charge on any atom is -0.496 e. The van der Waals surface area contributed by atoms with E-state index in [1.807, 2.05) is 24.3 Å². The number of para-hydroxylation sites is 1. The van der Waals surface area contributed by atoms with Gasteiger partial charge in [0.25, 0.3) is 0 Å². The first kappa shape index (κ1) is 29.9. The number of nitrogens with one attached hydrogen (secondary N) is 1. The number of benzene rings is 2. The maximum atomic E-state index is 14.0. The maximum Gasteiger partial charge on any atom is 0.240 e. The van der Waals surface area contributed by atoms with Crippen LogP contribution < -0.4 is 19.5 Å². The Kier molecular flexibility index (Phi) is 7.91. The first-order valence-electron chi connectivity index (χ1n) is 15.2. The monoisotopic (exact) mass is 594 g/mol. The number of carbonyl (C=O) groups excluding carboxylic acids is 2. The summed E-state index contributed by atoms with van der Waals surface area (Å²) in [6.07, 6.45) is 1.23. The van der Waals surface area contributed by atoms with Crippen molar-refractivity contribution >= 4 is 12.2 Å². The average Bonchev–Trinajstić information content (AvgIpc) is 3.62. The Morgan fingerprint density at radius 2 is 2.05 bits per heavy atom. The van der Waals surface area contributed by atoms with E-state index < -0.39 is 24.2 Å². The Balaban J connectivity index is 1.29. The highest BCUT2D eigenvalue weighted by Gasteiger charge is 2.57. The largest absolute Gasteiger partial charge is 0.496 e. The van der Waals surface area contributed by atoms with E-state index in [9.17, 15) is 19.8 Å². The molecule has 2 bridgehead atoms. The Morgan fingerprint density at radius 1 is 1.26 bits per heavy atom. The molecule has 4 fully saturated rings. The van der Waals surface area contributed by atoms with Gasteiger partial charge in [-0.1, -0.05) is 39.0 Å². The number of hydrogen-bond donors (Lipinski definition) is 3. The van der Waals surface area contributed by atoms with Gasteiger partial charge in [0.05, 0.1) is 31.9 Å². The average molecular weight is 595 g/mol. The molecular weight excluding hydrogens is 552 g/mol. The molecule has 3 saturated carbocycles. The summed E-state index contributed by atoms with van der Waals surface area (Å²) in [6, 6.07) is 8.40. The lowest BCUT2D eigenvalue weighted by Gasteiger charge is -2.62. The molecular formula is C33H42N2O8. The van der Waals surface area contributed by atoms with Crippen LogP contribution in [0.15, 0.2) is 30.3 Å². The standard InChI is InChI=1S/C33H42N2O8/c1-17-24-11-22(33(24,3)4)12-25(17)34-32(39)29-28(18(2)38)27(15-37)43-35(29)13-19-7-6-8-23(30(19)40-5)20-9-21(14-36)31-26(10-20)41-16-42-31/h6-10,14,17-18,22,24-25,27-29,37-38H,11-13,15-16H2,1-5H3,(H,34,39)/t17-,18-,22+,24-,25-,27-,28+,29-/m0/s1. The topological polar surface area (TPSA) is 127 Å². The lowest BCUT2D eigenvalue weighted by molar-refractivity contribution is -0.183. The van der Waals surface area contributed by atoms with Crippen LogP contribution in [0.25, 0.3) is 11.1 Å². The smallest absolute Gasteiger partial charge is 0.240 e. The number of nitrogens with zero attached hydrogens (tertiary/aromatic N) is 1. The molecule has 10 heteroatoms. The van der Waals surface area contributed by atoms with Crippen molar-refractivity contribution in [1.29, 1.82) is 0 Å². The zero-order valence-corrected chi connectivity index (χ0v) is 25.4. The number of ether oxygens (including phenoxy) is 3. The number of amides is 1. The van der Waals surface area contributed by atoms with E-state index in [2.05, 4.69) is 26.1 Å². The molecule has 2 heterocycles. The molecule has 232 valence electrons. The molecule has 43 heavy (non-hydrogen) atoms. The predicted molar refractivity (Wildman–Crippen MR) is 157 cm³/mol. The zero-order valence-electron chi connectivity index (χ0n) is 25.4. The Labute approximate surface area is 252 Å². The predicted octanol–water partition coefficient (Wildman–Crippen LogP) is 3.56. The van der Waals surface area contributed by atoms with Crippen molar-refractivity contribution < 1.29 is 38.9 Å². The molecule has 3 N–H and O–H groups in total. The van der Waals surface area contributed by atoms with Crippen LogP contribution in [0.5, 0.6) is 17.2 Å². The highest BCUT2D eigenvalue weighted by atomic mass is 16.7. The fourth-order valence-electron chi connectivity index (χ4n) is 8.11. The molecule has 10 nitrogen and oxygen atoms in total. The SMILES string of the molecule is COc1c(CN2O[C@@H](CO)[C@@H]([C@H](C)O)[C@H]2C(=O)N[C@H]2C[C@H]3C[C@@H]([C@@H]2C)C3(C)C)cccc1-c1cc(C=O)c2c(c1)OCO2. The fourth-order valence-corrected chi connectivity index (χ4v) is 8.11. The molecule has 2 aromatic carbocycles. The van der Waals surface area contributed by atoms with Crippen LogP contribution in [0.4, 0.5) is 0 Å². The third-order valence-electron chi connectivity index (χ3n) is 10.6. The lowest BCUT2D eigenvalue weighted by Crippen LogP contribution is -2.62. The molecule has 1 amide bonds. The van der Waals surface area contributed by atoms with E-state index in [4.69, 9.17) is 19.0 Å². The third-order valence-corrected chi connectivity index (χ3v) is 10.6. The zero-order chi connectivity index (χ0) is 30.6. The molecule has 8 atom stereocenters. The molecule has 2 aliphatic heterocycles. The van der Waals surface area contributed by atoms with E-state index in [1.54, 1.807) is 25.2 Å². The van der Waals surface area contributed by atoms with E-state index in [0.717, 1.165) is 23.8 Å². The first-order valence-corrected chi connectivity index (χ1v) is 15.2. The molecule has 0 unspecified atom stereocenters. The molecule has 0 radical (unpaired) electrons. The minimum atomic E-state index is -0.891. The van der Waals surface area contributed by atoms with Crippen LogP contribution in [0.2, 0.25) is 0 Å². The molecule has 1 saturated heterocycles. The van der Waals surface area contributed by atoms with Gasteiger partial charge in [-0.15, -0.1) is 0 Å². The summed E-state index contributed by atoms with van der Waals surface area (Å²) in [5.41, 5.74) is 2.84. The summed E-state index contributed by atoms with van der Waals surface area (Å²) in [4.78, 5) is 32.0. The number of hydroxylamine groups is 2. The van der Waals surface area contributed by atoms with Crippen LogP contribution in [0.1, 0.15) is 56.5 Å². The quantitative estimate of drug-likeness (QED) is 0.374. The van der Waals surface area contributed by atoms with E-state index in [1.165, 1.54) is 6.42 Å². The molecule has 5 aliphatic rings. The van der Waals surface area contributed by atoms with Gasteiger partial charge in [-0.3, -0.25) is 14.4 Å². The highest BCUT2D eigenvalue weighted by molar-refractivity contribution is 5.87. The number of carbonyl (C=O) groups is 2. The van der Waals surface area contributed by atoms with Gasteiger partial charge < -0.3 is 29.7 Å². The molecule has 2 aromatic rings. The van der Waals surface area contributed by atoms with Gasteiger partial charge in [-0.2, -0.15) is 5.06 Å². The van der Waals surface area contributed by atoms with Gasteiger partial charge in [0.15, 0.2) is 17.8 Å². The van der Waals surface area contributed by atoms with Crippen LogP contribution in [0, 0.1) is 29.1 Å². The Hall–Kier alpha value is -3.18. The maximum absolute atomic E-state index is 14.0. The molecule has 0 aromatic heterocycles. The van der Waals surface area contributed by atoms with E-state index in [-0.39, 0.29) is 31.9 Å². The number of methoxy groups -OCH3 is 1. The van der Waals surface area contributed by atoms with Gasteiger partial charge in [0, 0.05) is 23.1 Å². The van der Waals surface area contributed by atoms with Gasteiger partial charge in [0.2, 0.25) is 12.7 Å². The third kappa shape index (κ3) is 4.98.